The van der Waals surface area contributed by atoms with E-state index in [0.29, 0.717) is 6.42 Å². The molecule has 0 atom stereocenters. The summed E-state index contributed by atoms with van der Waals surface area (Å²) in [7, 11) is 0. The maximum Gasteiger partial charge on any atom is 0.165 e. The number of hydrogen-bond donors (Lipinski definition) is 0. The van der Waals surface area contributed by atoms with Crippen LogP contribution < -0.4 is 0 Å². The van der Waals surface area contributed by atoms with E-state index in [-0.39, 0.29) is 11.2 Å². The number of nitrogens with zero attached hydrogens (tertiary/aromatic N) is 3. The van der Waals surface area contributed by atoms with Gasteiger partial charge in [-0.05, 0) is 30.0 Å². The maximum absolute atomic E-state index is 13.2. The predicted octanol–water partition coefficient (Wildman–Crippen LogP) is 4.78. The molecule has 0 spiro atoms. The first kappa shape index (κ1) is 14.2. The third-order valence-electron chi connectivity index (χ3n) is 5.72. The quantitative estimate of drug-likeness (QED) is 0.301. The number of rotatable bonds is 0. The molecule has 26 heavy (non-hydrogen) atoms. The second-order valence-electron chi connectivity index (χ2n) is 8.22. The van der Waals surface area contributed by atoms with E-state index in [1.54, 1.807) is 0 Å². The molecule has 0 unspecified atom stereocenters. The van der Waals surface area contributed by atoms with Crippen molar-refractivity contribution in [1.82, 2.24) is 14.6 Å². The van der Waals surface area contributed by atoms with Gasteiger partial charge in [-0.3, -0.25) is 9.78 Å². The zero-order valence-electron chi connectivity index (χ0n) is 14.7. The Kier molecular flexibility index (Phi) is 2.39. The fraction of sp³-hybridized carbons (Fsp3) is 0.227. The lowest BCUT2D eigenvalue weighted by molar-refractivity contribution is 0.0912. The van der Waals surface area contributed by atoms with Crippen molar-refractivity contribution < 1.29 is 4.79 Å². The summed E-state index contributed by atoms with van der Waals surface area (Å²) >= 11 is 0. The molecular weight excluding hydrogens is 322 g/mol. The molecule has 2 aromatic carbocycles. The zero-order chi connectivity index (χ0) is 17.6. The van der Waals surface area contributed by atoms with Crippen LogP contribution in [0.2, 0.25) is 0 Å². The van der Waals surface area contributed by atoms with Crippen LogP contribution in [0.5, 0.6) is 0 Å². The molecule has 0 saturated carbocycles. The van der Waals surface area contributed by atoms with Crippen LogP contribution in [0.15, 0.2) is 42.6 Å². The van der Waals surface area contributed by atoms with Gasteiger partial charge in [0.2, 0.25) is 0 Å². The monoisotopic (exact) mass is 339 g/mol. The Balaban J connectivity index is 1.97. The zero-order valence-corrected chi connectivity index (χ0v) is 14.7. The number of carbonyl (C=O) groups is 1. The Morgan fingerprint density at radius 2 is 1.88 bits per heavy atom. The summed E-state index contributed by atoms with van der Waals surface area (Å²) in [6.45, 7) is 4.30. The highest BCUT2D eigenvalue weighted by atomic mass is 16.1. The van der Waals surface area contributed by atoms with Gasteiger partial charge in [-0.2, -0.15) is 5.10 Å². The number of pyridine rings is 2. The van der Waals surface area contributed by atoms with Gasteiger partial charge in [0.1, 0.15) is 0 Å². The van der Waals surface area contributed by atoms with Gasteiger partial charge in [0.25, 0.3) is 0 Å². The van der Waals surface area contributed by atoms with Gasteiger partial charge in [-0.15, -0.1) is 0 Å². The highest BCUT2D eigenvalue weighted by Crippen LogP contribution is 2.42. The van der Waals surface area contributed by atoms with Crippen molar-refractivity contribution in [3.63, 3.8) is 0 Å². The van der Waals surface area contributed by atoms with Gasteiger partial charge in [-0.25, -0.2) is 4.52 Å². The molecule has 0 amide bonds. The highest BCUT2D eigenvalue weighted by molar-refractivity contribution is 6.28. The van der Waals surface area contributed by atoms with Crippen LogP contribution in [-0.4, -0.2) is 20.4 Å². The second-order valence-corrected chi connectivity index (χ2v) is 8.22. The SMILES string of the molecule is CC1(C)CC(=O)c2c(nc3ccc4cnn5c6ccccc6c2c3c45)C1. The molecule has 4 nitrogen and oxygen atoms in total. The Labute approximate surface area is 149 Å². The van der Waals surface area contributed by atoms with E-state index in [9.17, 15) is 4.79 Å². The summed E-state index contributed by atoms with van der Waals surface area (Å²) < 4.78 is 1.99. The van der Waals surface area contributed by atoms with Crippen LogP contribution in [0.3, 0.4) is 0 Å². The van der Waals surface area contributed by atoms with Gasteiger partial charge in [0.05, 0.1) is 28.4 Å². The van der Waals surface area contributed by atoms with E-state index in [2.05, 4.69) is 43.2 Å². The van der Waals surface area contributed by atoms with Gasteiger partial charge in [0.15, 0.2) is 5.78 Å². The number of para-hydroxylation sites is 1. The minimum absolute atomic E-state index is 0.0441. The number of benzene rings is 2. The average molecular weight is 339 g/mol. The van der Waals surface area contributed by atoms with E-state index < -0.39 is 0 Å². The first-order chi connectivity index (χ1) is 12.5. The van der Waals surface area contributed by atoms with Crippen LogP contribution in [0.25, 0.3) is 38.1 Å². The minimum Gasteiger partial charge on any atom is -0.294 e. The molecule has 0 saturated heterocycles. The molecule has 0 fully saturated rings. The molecular formula is C22H17N3O. The molecule has 5 aromatic rings. The summed E-state index contributed by atoms with van der Waals surface area (Å²) in [5, 5.41) is 8.88. The van der Waals surface area contributed by atoms with Crippen molar-refractivity contribution in [2.24, 2.45) is 5.41 Å². The van der Waals surface area contributed by atoms with Crippen molar-refractivity contribution >= 4 is 43.9 Å². The van der Waals surface area contributed by atoms with Crippen molar-refractivity contribution in [1.29, 1.82) is 0 Å². The summed E-state index contributed by atoms with van der Waals surface area (Å²) in [5.41, 5.74) is 4.77. The minimum atomic E-state index is -0.0441. The smallest absolute Gasteiger partial charge is 0.165 e. The Hall–Kier alpha value is -3.01. The van der Waals surface area contributed by atoms with Gasteiger partial charge in [-0.1, -0.05) is 32.0 Å². The fourth-order valence-corrected chi connectivity index (χ4v) is 4.71. The number of Topliss-reactive ketones (excluding diaryl/α,β-unsaturated/α-hetero) is 1. The number of hydrogen-bond acceptors (Lipinski definition) is 3. The molecule has 1 aliphatic rings. The first-order valence-corrected chi connectivity index (χ1v) is 9.00. The average Bonchev–Trinajstić information content (AvgIpc) is 3.03. The third-order valence-corrected chi connectivity index (χ3v) is 5.72. The van der Waals surface area contributed by atoms with Crippen LogP contribution in [0, 0.1) is 5.41 Å². The van der Waals surface area contributed by atoms with Crippen LogP contribution in [0.1, 0.15) is 36.3 Å². The van der Waals surface area contributed by atoms with E-state index in [4.69, 9.17) is 4.98 Å². The molecule has 0 N–H and O–H groups in total. The molecule has 4 heteroatoms. The molecule has 1 aliphatic carbocycles. The first-order valence-electron chi connectivity index (χ1n) is 9.00. The molecule has 3 aromatic heterocycles. The van der Waals surface area contributed by atoms with Crippen molar-refractivity contribution in [2.75, 3.05) is 0 Å². The van der Waals surface area contributed by atoms with Gasteiger partial charge in [0, 0.05) is 33.5 Å². The number of carbonyl (C=O) groups excluding carboxylic acids is 1. The predicted molar refractivity (Wildman–Crippen MR) is 103 cm³/mol. The normalized spacial score (nSPS) is 16.9. The van der Waals surface area contributed by atoms with Crippen molar-refractivity contribution in [3.8, 4) is 0 Å². The molecule has 0 aliphatic heterocycles. The van der Waals surface area contributed by atoms with Crippen LogP contribution >= 0.6 is 0 Å². The molecule has 0 radical (unpaired) electrons. The Morgan fingerprint density at radius 3 is 2.77 bits per heavy atom. The summed E-state index contributed by atoms with van der Waals surface area (Å²) in [6.07, 6.45) is 3.29. The summed E-state index contributed by atoms with van der Waals surface area (Å²) in [5.74, 6) is 0.209. The Morgan fingerprint density at radius 1 is 1.04 bits per heavy atom. The van der Waals surface area contributed by atoms with E-state index >= 15 is 0 Å². The van der Waals surface area contributed by atoms with Crippen molar-refractivity contribution in [2.45, 2.75) is 26.7 Å². The molecule has 126 valence electrons. The lowest BCUT2D eigenvalue weighted by atomic mass is 9.74. The number of fused-ring (bicyclic) bond motifs is 5. The maximum atomic E-state index is 13.2. The number of aromatic nitrogens is 3. The van der Waals surface area contributed by atoms with Crippen molar-refractivity contribution in [3.05, 3.63) is 53.9 Å². The standard InChI is InChI=1S/C22H17N3O/c1-22(2)9-15-19(17(26)10-22)18-13-5-3-4-6-16(13)25-21-12(11-23-25)7-8-14(24-15)20(18)21/h3-8,11H,9-10H2,1-2H3. The highest BCUT2D eigenvalue weighted by Gasteiger charge is 2.34. The lowest BCUT2D eigenvalue weighted by Gasteiger charge is -2.30. The summed E-state index contributed by atoms with van der Waals surface area (Å²) in [4.78, 5) is 18.1. The fourth-order valence-electron chi connectivity index (χ4n) is 4.71. The van der Waals surface area contributed by atoms with Gasteiger partial charge < -0.3 is 0 Å². The topological polar surface area (TPSA) is 47.3 Å². The van der Waals surface area contributed by atoms with E-state index in [1.165, 1.54) is 0 Å². The largest absolute Gasteiger partial charge is 0.294 e. The Bertz CT molecular complexity index is 1380. The number of ketones is 1. The third kappa shape index (κ3) is 1.62. The van der Waals surface area contributed by atoms with Gasteiger partial charge >= 0.3 is 0 Å². The lowest BCUT2D eigenvalue weighted by Crippen LogP contribution is -2.28. The van der Waals surface area contributed by atoms with Crippen LogP contribution in [-0.2, 0) is 6.42 Å². The van der Waals surface area contributed by atoms with Crippen LogP contribution in [0.4, 0.5) is 0 Å². The van der Waals surface area contributed by atoms with E-state index in [1.807, 2.05) is 22.8 Å². The second kappa shape index (κ2) is 4.39. The molecule has 3 heterocycles. The molecule has 0 bridgehead atoms. The van der Waals surface area contributed by atoms with E-state index in [0.717, 1.165) is 55.8 Å². The molecule has 6 rings (SSSR count). The summed E-state index contributed by atoms with van der Waals surface area (Å²) in [6, 6.07) is 12.4.